The zero-order valence-corrected chi connectivity index (χ0v) is 15.8. The Bertz CT molecular complexity index is 1150. The summed E-state index contributed by atoms with van der Waals surface area (Å²) in [7, 11) is 2.04. The Morgan fingerprint density at radius 1 is 1.14 bits per heavy atom. The quantitative estimate of drug-likeness (QED) is 0.878. The second kappa shape index (κ2) is 6.12. The van der Waals surface area contributed by atoms with Gasteiger partial charge in [0, 0.05) is 30.8 Å². The van der Waals surface area contributed by atoms with Crippen molar-refractivity contribution in [3.05, 3.63) is 59.0 Å². The van der Waals surface area contributed by atoms with Crippen molar-refractivity contribution in [2.75, 3.05) is 11.9 Å². The second-order valence-electron chi connectivity index (χ2n) is 7.55. The van der Waals surface area contributed by atoms with E-state index in [0.717, 1.165) is 53.3 Å². The molecular formula is C22H20N4O2. The number of carboxylic acid groups (broad SMARTS) is 1. The van der Waals surface area contributed by atoms with Gasteiger partial charge in [0.25, 0.3) is 0 Å². The molecule has 2 heterocycles. The number of anilines is 1. The Balaban J connectivity index is 1.67. The molecule has 1 aromatic carbocycles. The van der Waals surface area contributed by atoms with Gasteiger partial charge in [0.1, 0.15) is 5.69 Å². The minimum absolute atomic E-state index is 0.223. The van der Waals surface area contributed by atoms with Crippen molar-refractivity contribution >= 4 is 34.1 Å². The Kier molecular flexibility index (Phi) is 3.69. The molecule has 0 radical (unpaired) electrons. The van der Waals surface area contributed by atoms with Gasteiger partial charge in [-0.25, -0.2) is 14.8 Å². The van der Waals surface area contributed by atoms with Crippen LogP contribution in [0.5, 0.6) is 0 Å². The summed E-state index contributed by atoms with van der Waals surface area (Å²) in [4.78, 5) is 27.8. The number of nitrogens with zero attached hydrogens (tertiary/aromatic N) is 4. The van der Waals surface area contributed by atoms with Gasteiger partial charge in [-0.3, -0.25) is 4.99 Å². The molecule has 5 rings (SSSR count). The summed E-state index contributed by atoms with van der Waals surface area (Å²) in [5.41, 5.74) is 6.67. The number of hydrogen-bond donors (Lipinski definition) is 1. The fraction of sp³-hybridized carbons (Fsp3) is 0.273. The molecule has 0 bridgehead atoms. The largest absolute Gasteiger partial charge is 0.478 e. The fourth-order valence-corrected chi connectivity index (χ4v) is 3.76. The van der Waals surface area contributed by atoms with Gasteiger partial charge in [-0.15, -0.1) is 0 Å². The maximum atomic E-state index is 11.3. The molecule has 2 aliphatic carbocycles. The van der Waals surface area contributed by atoms with Gasteiger partial charge in [-0.1, -0.05) is 6.08 Å². The molecule has 0 spiro atoms. The topological polar surface area (TPSA) is 78.7 Å². The van der Waals surface area contributed by atoms with Crippen LogP contribution in [-0.2, 0) is 0 Å². The number of carboxylic acids is 1. The molecule has 6 heteroatoms. The van der Waals surface area contributed by atoms with Gasteiger partial charge < -0.3 is 10.0 Å². The number of aromatic carboxylic acids is 1. The van der Waals surface area contributed by atoms with Crippen LogP contribution in [0.1, 0.15) is 42.2 Å². The van der Waals surface area contributed by atoms with Gasteiger partial charge in [0.15, 0.2) is 5.82 Å². The molecule has 1 saturated carbocycles. The highest BCUT2D eigenvalue weighted by molar-refractivity contribution is 6.10. The first-order valence-electron chi connectivity index (χ1n) is 9.46. The lowest BCUT2D eigenvalue weighted by Crippen LogP contribution is -2.23. The van der Waals surface area contributed by atoms with Gasteiger partial charge in [-0.2, -0.15) is 0 Å². The van der Waals surface area contributed by atoms with Crippen LogP contribution < -0.4 is 4.90 Å². The SMILES string of the molecule is CC1=CC2=CC(c3nc4ccc(C(=O)O)cc4nc3N(C)C3CC3)=CCC2=N1. The van der Waals surface area contributed by atoms with Crippen molar-refractivity contribution in [3.63, 3.8) is 0 Å². The molecule has 140 valence electrons. The van der Waals surface area contributed by atoms with Crippen LogP contribution >= 0.6 is 0 Å². The molecule has 1 aromatic heterocycles. The summed E-state index contributed by atoms with van der Waals surface area (Å²) in [5, 5.41) is 9.30. The third-order valence-corrected chi connectivity index (χ3v) is 5.43. The highest BCUT2D eigenvalue weighted by Gasteiger charge is 2.30. The first-order valence-corrected chi connectivity index (χ1v) is 9.46. The third kappa shape index (κ3) is 2.81. The average molecular weight is 372 g/mol. The smallest absolute Gasteiger partial charge is 0.335 e. The normalized spacial score (nSPS) is 18.2. The maximum Gasteiger partial charge on any atom is 0.335 e. The Labute approximate surface area is 162 Å². The molecule has 0 atom stereocenters. The molecule has 0 amide bonds. The van der Waals surface area contributed by atoms with E-state index in [1.807, 2.05) is 14.0 Å². The molecule has 6 nitrogen and oxygen atoms in total. The van der Waals surface area contributed by atoms with Crippen molar-refractivity contribution in [1.29, 1.82) is 0 Å². The fourth-order valence-electron chi connectivity index (χ4n) is 3.76. The van der Waals surface area contributed by atoms with Crippen LogP contribution in [0.2, 0.25) is 0 Å². The van der Waals surface area contributed by atoms with E-state index in [0.29, 0.717) is 17.1 Å². The molecule has 1 N–H and O–H groups in total. The van der Waals surface area contributed by atoms with Crippen LogP contribution in [0.15, 0.2) is 52.7 Å². The lowest BCUT2D eigenvalue weighted by Gasteiger charge is -2.22. The molecule has 1 fully saturated rings. The van der Waals surface area contributed by atoms with Crippen LogP contribution in [0, 0.1) is 0 Å². The number of aromatic nitrogens is 2. The monoisotopic (exact) mass is 372 g/mol. The van der Waals surface area contributed by atoms with E-state index in [1.54, 1.807) is 18.2 Å². The predicted octanol–water partition coefficient (Wildman–Crippen LogP) is 4.00. The van der Waals surface area contributed by atoms with E-state index in [-0.39, 0.29) is 5.56 Å². The van der Waals surface area contributed by atoms with Crippen LogP contribution in [0.3, 0.4) is 0 Å². The number of aliphatic imine (C=N–C) groups is 1. The van der Waals surface area contributed by atoms with E-state index in [2.05, 4.69) is 28.1 Å². The molecule has 0 saturated heterocycles. The number of fused-ring (bicyclic) bond motifs is 2. The van der Waals surface area contributed by atoms with E-state index in [9.17, 15) is 9.90 Å². The summed E-state index contributed by atoms with van der Waals surface area (Å²) in [6, 6.07) is 5.38. The van der Waals surface area contributed by atoms with Crippen molar-refractivity contribution in [1.82, 2.24) is 9.97 Å². The Morgan fingerprint density at radius 2 is 1.96 bits per heavy atom. The summed E-state index contributed by atoms with van der Waals surface area (Å²) >= 11 is 0. The minimum atomic E-state index is -0.959. The molecular weight excluding hydrogens is 352 g/mol. The summed E-state index contributed by atoms with van der Waals surface area (Å²) < 4.78 is 0. The first-order chi connectivity index (χ1) is 13.5. The van der Waals surface area contributed by atoms with E-state index < -0.39 is 5.97 Å². The van der Waals surface area contributed by atoms with Crippen molar-refractivity contribution < 1.29 is 9.90 Å². The number of benzene rings is 1. The number of carbonyl (C=O) groups is 1. The summed E-state index contributed by atoms with van der Waals surface area (Å²) in [5.74, 6) is -0.153. The second-order valence-corrected chi connectivity index (χ2v) is 7.55. The van der Waals surface area contributed by atoms with Crippen molar-refractivity contribution in [2.24, 2.45) is 4.99 Å². The molecule has 2 aromatic rings. The lowest BCUT2D eigenvalue weighted by atomic mass is 9.96. The summed E-state index contributed by atoms with van der Waals surface area (Å²) in [6.45, 7) is 2.01. The van der Waals surface area contributed by atoms with E-state index in [1.165, 1.54) is 0 Å². The van der Waals surface area contributed by atoms with Gasteiger partial charge in [0.05, 0.1) is 22.3 Å². The molecule has 28 heavy (non-hydrogen) atoms. The van der Waals surface area contributed by atoms with Crippen LogP contribution in [-0.4, -0.2) is 39.8 Å². The number of allylic oxidation sites excluding steroid dienone is 6. The van der Waals surface area contributed by atoms with Gasteiger partial charge >= 0.3 is 5.97 Å². The van der Waals surface area contributed by atoms with Crippen molar-refractivity contribution in [2.45, 2.75) is 32.2 Å². The van der Waals surface area contributed by atoms with E-state index in [4.69, 9.17) is 9.97 Å². The molecule has 1 aliphatic heterocycles. The third-order valence-electron chi connectivity index (χ3n) is 5.43. The van der Waals surface area contributed by atoms with Crippen LogP contribution in [0.25, 0.3) is 16.6 Å². The van der Waals surface area contributed by atoms with Gasteiger partial charge in [-0.05, 0) is 55.7 Å². The predicted molar refractivity (Wildman–Crippen MR) is 110 cm³/mol. The Morgan fingerprint density at radius 3 is 2.71 bits per heavy atom. The van der Waals surface area contributed by atoms with Gasteiger partial charge in [0.2, 0.25) is 0 Å². The first kappa shape index (κ1) is 16.9. The zero-order valence-electron chi connectivity index (χ0n) is 15.8. The van der Waals surface area contributed by atoms with E-state index >= 15 is 0 Å². The highest BCUT2D eigenvalue weighted by Crippen LogP contribution is 2.36. The zero-order chi connectivity index (χ0) is 19.4. The standard InChI is InChI=1S/C22H20N4O2/c1-12-9-15-10-13(3-7-17(15)23-12)20-21(26(2)16-5-6-16)25-19-11-14(22(27)28)4-8-18(19)24-20/h3-4,8-11,16H,5-7H2,1-2H3,(H,27,28). The maximum absolute atomic E-state index is 11.3. The lowest BCUT2D eigenvalue weighted by molar-refractivity contribution is 0.0697. The number of rotatable bonds is 4. The van der Waals surface area contributed by atoms with Crippen LogP contribution in [0.4, 0.5) is 5.82 Å². The Hall–Kier alpha value is -3.28. The van der Waals surface area contributed by atoms with Crippen molar-refractivity contribution in [3.8, 4) is 0 Å². The average Bonchev–Trinajstić information content (AvgIpc) is 3.46. The summed E-state index contributed by atoms with van der Waals surface area (Å²) in [6.07, 6.45) is 9.44. The molecule has 3 aliphatic rings. The highest BCUT2D eigenvalue weighted by atomic mass is 16.4. The number of hydrogen-bond acceptors (Lipinski definition) is 5. The molecule has 0 unspecified atom stereocenters. The minimum Gasteiger partial charge on any atom is -0.478 e.